The lowest BCUT2D eigenvalue weighted by Crippen LogP contribution is -2.32. The van der Waals surface area contributed by atoms with Crippen LogP contribution in [0.25, 0.3) is 0 Å². The van der Waals surface area contributed by atoms with Gasteiger partial charge in [-0.05, 0) is 36.1 Å². The molecule has 0 bridgehead atoms. The molecule has 2 aromatic rings. The third-order valence-electron chi connectivity index (χ3n) is 3.13. The standard InChI is InChI=1S/C17H20N2O2S2/c1-22-16-9-7-15(8-10-16)19-17(20)18-11-12-23(21)13-14-5-3-2-4-6-14/h2-10H,11-13H2,1H3,(H2,18,19,20). The van der Waals surface area contributed by atoms with Crippen molar-refractivity contribution in [3.63, 3.8) is 0 Å². The van der Waals surface area contributed by atoms with Crippen LogP contribution in [-0.4, -0.2) is 28.8 Å². The average molecular weight is 348 g/mol. The maximum atomic E-state index is 12.0. The highest BCUT2D eigenvalue weighted by atomic mass is 32.2. The number of hydrogen-bond acceptors (Lipinski definition) is 3. The summed E-state index contributed by atoms with van der Waals surface area (Å²) >= 11 is 1.65. The first-order chi connectivity index (χ1) is 11.2. The van der Waals surface area contributed by atoms with E-state index in [4.69, 9.17) is 0 Å². The molecule has 122 valence electrons. The summed E-state index contributed by atoms with van der Waals surface area (Å²) in [6, 6.07) is 17.1. The lowest BCUT2D eigenvalue weighted by Gasteiger charge is -2.08. The third kappa shape index (κ3) is 6.46. The van der Waals surface area contributed by atoms with Crippen molar-refractivity contribution in [2.75, 3.05) is 23.9 Å². The number of benzene rings is 2. The van der Waals surface area contributed by atoms with Crippen LogP contribution in [0.3, 0.4) is 0 Å². The number of thioether (sulfide) groups is 1. The Morgan fingerprint density at radius 3 is 2.43 bits per heavy atom. The van der Waals surface area contributed by atoms with Gasteiger partial charge in [0.25, 0.3) is 0 Å². The number of amides is 2. The Labute approximate surface area is 143 Å². The molecule has 23 heavy (non-hydrogen) atoms. The monoisotopic (exact) mass is 348 g/mol. The van der Waals surface area contributed by atoms with Crippen molar-refractivity contribution in [2.45, 2.75) is 10.6 Å². The molecule has 6 heteroatoms. The van der Waals surface area contributed by atoms with Crippen molar-refractivity contribution >= 4 is 34.3 Å². The molecule has 1 atom stereocenters. The van der Waals surface area contributed by atoms with Crippen LogP contribution in [0, 0.1) is 0 Å². The number of rotatable bonds is 7. The van der Waals surface area contributed by atoms with Gasteiger partial charge in [0.2, 0.25) is 0 Å². The number of hydrogen-bond donors (Lipinski definition) is 2. The van der Waals surface area contributed by atoms with E-state index in [1.807, 2.05) is 60.9 Å². The number of urea groups is 1. The van der Waals surface area contributed by atoms with Crippen LogP contribution < -0.4 is 10.6 Å². The zero-order valence-corrected chi connectivity index (χ0v) is 14.6. The Bertz CT molecular complexity index is 645. The van der Waals surface area contributed by atoms with Crippen molar-refractivity contribution in [2.24, 2.45) is 0 Å². The Balaban J connectivity index is 1.68. The maximum Gasteiger partial charge on any atom is 0.319 e. The SMILES string of the molecule is CSc1ccc(NC(=O)NCCS(=O)Cc2ccccc2)cc1. The summed E-state index contributed by atoms with van der Waals surface area (Å²) in [5, 5.41) is 5.49. The van der Waals surface area contributed by atoms with E-state index in [1.54, 1.807) is 11.8 Å². The molecule has 0 aliphatic heterocycles. The second-order valence-corrected chi connectivity index (χ2v) is 7.34. The average Bonchev–Trinajstić information content (AvgIpc) is 2.56. The minimum Gasteiger partial charge on any atom is -0.337 e. The second-order valence-electron chi connectivity index (χ2n) is 4.88. The van der Waals surface area contributed by atoms with Crippen molar-refractivity contribution in [1.82, 2.24) is 5.32 Å². The fourth-order valence-corrected chi connectivity index (χ4v) is 3.41. The van der Waals surface area contributed by atoms with Gasteiger partial charge in [0.1, 0.15) is 0 Å². The van der Waals surface area contributed by atoms with E-state index < -0.39 is 10.8 Å². The summed E-state index contributed by atoms with van der Waals surface area (Å²) in [5.41, 5.74) is 1.79. The molecule has 2 N–H and O–H groups in total. The van der Waals surface area contributed by atoms with Gasteiger partial charge in [-0.3, -0.25) is 4.21 Å². The molecule has 0 heterocycles. The van der Waals surface area contributed by atoms with E-state index in [9.17, 15) is 9.00 Å². The van der Waals surface area contributed by atoms with Gasteiger partial charge in [0.15, 0.2) is 0 Å². The van der Waals surface area contributed by atoms with Crippen molar-refractivity contribution in [1.29, 1.82) is 0 Å². The quantitative estimate of drug-likeness (QED) is 0.753. The van der Waals surface area contributed by atoms with Gasteiger partial charge in [-0.25, -0.2) is 4.79 Å². The van der Waals surface area contributed by atoms with E-state index in [0.717, 1.165) is 16.1 Å². The molecule has 2 amide bonds. The fraction of sp³-hybridized carbons (Fsp3) is 0.235. The topological polar surface area (TPSA) is 58.2 Å². The lowest BCUT2D eigenvalue weighted by atomic mass is 10.2. The molecule has 0 saturated heterocycles. The number of anilines is 1. The zero-order valence-electron chi connectivity index (χ0n) is 13.0. The highest BCUT2D eigenvalue weighted by molar-refractivity contribution is 7.98. The zero-order chi connectivity index (χ0) is 16.5. The molecule has 2 aromatic carbocycles. The van der Waals surface area contributed by atoms with E-state index in [-0.39, 0.29) is 6.03 Å². The molecule has 0 spiro atoms. The van der Waals surface area contributed by atoms with Gasteiger partial charge < -0.3 is 10.6 Å². The van der Waals surface area contributed by atoms with Crippen LogP contribution in [0.15, 0.2) is 59.5 Å². The minimum absolute atomic E-state index is 0.279. The normalized spacial score (nSPS) is 11.7. The summed E-state index contributed by atoms with van der Waals surface area (Å²) < 4.78 is 12.0. The molecule has 0 aromatic heterocycles. The molecule has 0 saturated carbocycles. The summed E-state index contributed by atoms with van der Waals surface area (Å²) in [5.74, 6) is 0.952. The van der Waals surface area contributed by atoms with Gasteiger partial charge in [-0.2, -0.15) is 0 Å². The first-order valence-electron chi connectivity index (χ1n) is 7.25. The first kappa shape index (κ1) is 17.6. The highest BCUT2D eigenvalue weighted by Gasteiger charge is 2.04. The summed E-state index contributed by atoms with van der Waals surface area (Å²) in [4.78, 5) is 12.9. The third-order valence-corrected chi connectivity index (χ3v) is 5.19. The smallest absolute Gasteiger partial charge is 0.319 e. The fourth-order valence-electron chi connectivity index (χ4n) is 1.96. The number of nitrogens with one attached hydrogen (secondary N) is 2. The predicted molar refractivity (Wildman–Crippen MR) is 98.4 cm³/mol. The molecule has 0 aliphatic carbocycles. The Morgan fingerprint density at radius 1 is 1.09 bits per heavy atom. The largest absolute Gasteiger partial charge is 0.337 e. The second kappa shape index (κ2) is 9.37. The molecular weight excluding hydrogens is 328 g/mol. The van der Waals surface area contributed by atoms with Gasteiger partial charge in [-0.1, -0.05) is 30.3 Å². The first-order valence-corrected chi connectivity index (χ1v) is 9.96. The summed E-state index contributed by atoms with van der Waals surface area (Å²) in [6.45, 7) is 0.383. The van der Waals surface area contributed by atoms with Crippen molar-refractivity contribution < 1.29 is 9.00 Å². The van der Waals surface area contributed by atoms with Crippen LogP contribution in [0.4, 0.5) is 10.5 Å². The van der Waals surface area contributed by atoms with Crippen LogP contribution in [0.5, 0.6) is 0 Å². The minimum atomic E-state index is -0.984. The molecule has 0 radical (unpaired) electrons. The van der Waals surface area contributed by atoms with Crippen molar-refractivity contribution in [3.05, 3.63) is 60.2 Å². The van der Waals surface area contributed by atoms with Crippen molar-refractivity contribution in [3.8, 4) is 0 Å². The lowest BCUT2D eigenvalue weighted by molar-refractivity contribution is 0.252. The molecule has 2 rings (SSSR count). The molecule has 1 unspecified atom stereocenters. The van der Waals surface area contributed by atoms with Crippen LogP contribution in [0.1, 0.15) is 5.56 Å². The number of carbonyl (C=O) groups excluding carboxylic acids is 1. The van der Waals surface area contributed by atoms with Gasteiger partial charge in [0.05, 0.1) is 0 Å². The molecular formula is C17H20N2O2S2. The molecule has 0 fully saturated rings. The van der Waals surface area contributed by atoms with E-state index in [0.29, 0.717) is 18.1 Å². The van der Waals surface area contributed by atoms with E-state index >= 15 is 0 Å². The van der Waals surface area contributed by atoms with Crippen LogP contribution >= 0.6 is 11.8 Å². The summed E-state index contributed by atoms with van der Waals surface area (Å²) in [7, 11) is -0.984. The van der Waals surface area contributed by atoms with E-state index in [2.05, 4.69) is 10.6 Å². The van der Waals surface area contributed by atoms with E-state index in [1.165, 1.54) is 0 Å². The Kier molecular flexibility index (Phi) is 7.16. The molecule has 4 nitrogen and oxygen atoms in total. The summed E-state index contributed by atoms with van der Waals surface area (Å²) in [6.07, 6.45) is 2.00. The Morgan fingerprint density at radius 2 is 1.78 bits per heavy atom. The van der Waals surface area contributed by atoms with Crippen LogP contribution in [-0.2, 0) is 16.6 Å². The predicted octanol–water partition coefficient (Wildman–Crippen LogP) is 3.48. The Hall–Kier alpha value is -1.79. The maximum absolute atomic E-state index is 12.0. The number of carbonyl (C=O) groups is 1. The molecule has 0 aliphatic rings. The van der Waals surface area contributed by atoms with Gasteiger partial charge >= 0.3 is 6.03 Å². The van der Waals surface area contributed by atoms with Gasteiger partial charge in [0, 0.05) is 39.4 Å². The van der Waals surface area contributed by atoms with Crippen LogP contribution in [0.2, 0.25) is 0 Å². The highest BCUT2D eigenvalue weighted by Crippen LogP contribution is 2.17. The van der Waals surface area contributed by atoms with Gasteiger partial charge in [-0.15, -0.1) is 11.8 Å².